The molecule has 0 bridgehead atoms. The summed E-state index contributed by atoms with van der Waals surface area (Å²) in [4.78, 5) is 0. The number of likely N-dealkylation sites (N-methyl/N-ethyl adjacent to an activating group) is 1. The number of nitrogens with one attached hydrogen (secondary N) is 1. The normalized spacial score (nSPS) is 12.9. The zero-order valence-corrected chi connectivity index (χ0v) is 13.0. The predicted octanol–water partition coefficient (Wildman–Crippen LogP) is 3.08. The van der Waals surface area contributed by atoms with Gasteiger partial charge in [-0.3, -0.25) is 0 Å². The summed E-state index contributed by atoms with van der Waals surface area (Å²) in [6.45, 7) is 2.12. The number of fused-ring (bicyclic) bond motifs is 1. The van der Waals surface area contributed by atoms with Gasteiger partial charge >= 0.3 is 0 Å². The van der Waals surface area contributed by atoms with Crippen molar-refractivity contribution in [1.82, 2.24) is 5.32 Å². The molecule has 0 amide bonds. The molecule has 0 saturated carbocycles. The number of benzene rings is 1. The highest BCUT2D eigenvalue weighted by Gasteiger charge is 2.10. The van der Waals surface area contributed by atoms with Gasteiger partial charge in [-0.1, -0.05) is 18.2 Å². The van der Waals surface area contributed by atoms with Gasteiger partial charge in [0.25, 0.3) is 0 Å². The van der Waals surface area contributed by atoms with Crippen molar-refractivity contribution in [2.45, 2.75) is 18.9 Å². The molecule has 0 aliphatic heterocycles. The van der Waals surface area contributed by atoms with E-state index in [1.165, 1.54) is 15.6 Å². The molecule has 0 aliphatic carbocycles. The van der Waals surface area contributed by atoms with Crippen LogP contribution in [0.3, 0.4) is 0 Å². The van der Waals surface area contributed by atoms with Crippen LogP contribution in [0.1, 0.15) is 12.0 Å². The van der Waals surface area contributed by atoms with E-state index in [9.17, 15) is 0 Å². The van der Waals surface area contributed by atoms with Gasteiger partial charge in [-0.05, 0) is 42.3 Å². The molecule has 0 spiro atoms. The zero-order chi connectivity index (χ0) is 14.2. The second kappa shape index (κ2) is 8.37. The van der Waals surface area contributed by atoms with Gasteiger partial charge in [-0.25, -0.2) is 0 Å². The van der Waals surface area contributed by atoms with Crippen LogP contribution in [0.15, 0.2) is 29.6 Å². The SMILES string of the molecule is CNC(CCOCCOC)Cc1csc2ccccc12. The summed E-state index contributed by atoms with van der Waals surface area (Å²) in [5.74, 6) is 0. The Morgan fingerprint density at radius 2 is 2.05 bits per heavy atom. The second-order valence-corrected chi connectivity index (χ2v) is 5.75. The summed E-state index contributed by atoms with van der Waals surface area (Å²) in [5, 5.41) is 7.05. The summed E-state index contributed by atoms with van der Waals surface area (Å²) in [5.41, 5.74) is 1.43. The molecule has 110 valence electrons. The number of ether oxygens (including phenoxy) is 2. The van der Waals surface area contributed by atoms with Crippen LogP contribution < -0.4 is 5.32 Å². The maximum Gasteiger partial charge on any atom is 0.0700 e. The van der Waals surface area contributed by atoms with Gasteiger partial charge in [0.2, 0.25) is 0 Å². The lowest BCUT2D eigenvalue weighted by Gasteiger charge is -2.16. The fourth-order valence-corrected chi connectivity index (χ4v) is 3.25. The molecule has 0 fully saturated rings. The van der Waals surface area contributed by atoms with Gasteiger partial charge in [0.15, 0.2) is 0 Å². The summed E-state index contributed by atoms with van der Waals surface area (Å²) < 4.78 is 11.9. The lowest BCUT2D eigenvalue weighted by Crippen LogP contribution is -2.29. The van der Waals surface area contributed by atoms with Crippen molar-refractivity contribution in [3.05, 3.63) is 35.2 Å². The first-order valence-electron chi connectivity index (χ1n) is 7.04. The van der Waals surface area contributed by atoms with E-state index in [0.717, 1.165) is 19.4 Å². The third kappa shape index (κ3) is 4.28. The van der Waals surface area contributed by atoms with Crippen molar-refractivity contribution in [1.29, 1.82) is 0 Å². The fraction of sp³-hybridized carbons (Fsp3) is 0.500. The van der Waals surface area contributed by atoms with Crippen LogP contribution in [0.5, 0.6) is 0 Å². The summed E-state index contributed by atoms with van der Waals surface area (Å²) in [6.07, 6.45) is 2.07. The molecule has 1 atom stereocenters. The maximum absolute atomic E-state index is 5.55. The Labute approximate surface area is 124 Å². The lowest BCUT2D eigenvalue weighted by molar-refractivity contribution is 0.0661. The largest absolute Gasteiger partial charge is 0.382 e. The van der Waals surface area contributed by atoms with Crippen LogP contribution in [0.4, 0.5) is 0 Å². The average Bonchev–Trinajstić information content (AvgIpc) is 2.89. The molecular formula is C16H23NO2S. The highest BCUT2D eigenvalue weighted by Crippen LogP contribution is 2.26. The molecule has 0 radical (unpaired) electrons. The van der Waals surface area contributed by atoms with E-state index in [0.29, 0.717) is 19.3 Å². The molecule has 1 unspecified atom stereocenters. The molecule has 1 heterocycles. The zero-order valence-electron chi connectivity index (χ0n) is 12.2. The molecule has 2 aromatic rings. The Balaban J connectivity index is 1.86. The standard InChI is InChI=1S/C16H23NO2S/c1-17-14(7-8-19-10-9-18-2)11-13-12-20-16-6-4-3-5-15(13)16/h3-6,12,14,17H,7-11H2,1-2H3. The topological polar surface area (TPSA) is 30.5 Å². The van der Waals surface area contributed by atoms with Crippen LogP contribution in [0.25, 0.3) is 10.1 Å². The van der Waals surface area contributed by atoms with Gasteiger partial charge in [0.1, 0.15) is 0 Å². The lowest BCUT2D eigenvalue weighted by atomic mass is 10.0. The minimum absolute atomic E-state index is 0.454. The van der Waals surface area contributed by atoms with Crippen molar-refractivity contribution in [3.63, 3.8) is 0 Å². The molecule has 3 nitrogen and oxygen atoms in total. The molecule has 2 rings (SSSR count). The van der Waals surface area contributed by atoms with E-state index in [4.69, 9.17) is 9.47 Å². The first kappa shape index (κ1) is 15.4. The Morgan fingerprint density at radius 3 is 2.85 bits per heavy atom. The molecule has 1 aromatic heterocycles. The minimum atomic E-state index is 0.454. The van der Waals surface area contributed by atoms with E-state index < -0.39 is 0 Å². The molecule has 1 aromatic carbocycles. The maximum atomic E-state index is 5.55. The van der Waals surface area contributed by atoms with Gasteiger partial charge in [0.05, 0.1) is 13.2 Å². The Morgan fingerprint density at radius 1 is 1.20 bits per heavy atom. The number of thiophene rings is 1. The molecule has 4 heteroatoms. The van der Waals surface area contributed by atoms with E-state index >= 15 is 0 Å². The quantitative estimate of drug-likeness (QED) is 0.721. The minimum Gasteiger partial charge on any atom is -0.382 e. The van der Waals surface area contributed by atoms with E-state index in [2.05, 4.69) is 35.0 Å². The van der Waals surface area contributed by atoms with Gasteiger partial charge in [-0.15, -0.1) is 11.3 Å². The monoisotopic (exact) mass is 293 g/mol. The number of methoxy groups -OCH3 is 1. The van der Waals surface area contributed by atoms with Crippen LogP contribution in [-0.2, 0) is 15.9 Å². The van der Waals surface area contributed by atoms with Crippen molar-refractivity contribution < 1.29 is 9.47 Å². The molecule has 0 saturated heterocycles. The van der Waals surface area contributed by atoms with Crippen LogP contribution in [0, 0.1) is 0 Å². The molecule has 20 heavy (non-hydrogen) atoms. The fourth-order valence-electron chi connectivity index (χ4n) is 2.27. The van der Waals surface area contributed by atoms with Gasteiger partial charge in [0, 0.05) is 24.5 Å². The van der Waals surface area contributed by atoms with E-state index in [-0.39, 0.29) is 0 Å². The molecule has 1 N–H and O–H groups in total. The molecule has 0 aliphatic rings. The summed E-state index contributed by atoms with van der Waals surface area (Å²) >= 11 is 1.83. The Kier molecular flexibility index (Phi) is 6.47. The smallest absolute Gasteiger partial charge is 0.0700 e. The summed E-state index contributed by atoms with van der Waals surface area (Å²) in [7, 11) is 3.72. The average molecular weight is 293 g/mol. The highest BCUT2D eigenvalue weighted by atomic mass is 32.1. The summed E-state index contributed by atoms with van der Waals surface area (Å²) in [6, 6.07) is 9.06. The van der Waals surface area contributed by atoms with E-state index in [1.54, 1.807) is 7.11 Å². The number of rotatable bonds is 9. The van der Waals surface area contributed by atoms with Crippen molar-refractivity contribution in [2.75, 3.05) is 34.0 Å². The van der Waals surface area contributed by atoms with Gasteiger partial charge < -0.3 is 14.8 Å². The van der Waals surface area contributed by atoms with Crippen molar-refractivity contribution >= 4 is 21.4 Å². The number of hydrogen-bond acceptors (Lipinski definition) is 4. The van der Waals surface area contributed by atoms with Crippen molar-refractivity contribution in [2.24, 2.45) is 0 Å². The first-order valence-corrected chi connectivity index (χ1v) is 7.92. The van der Waals surface area contributed by atoms with Crippen LogP contribution >= 0.6 is 11.3 Å². The first-order chi connectivity index (χ1) is 9.85. The van der Waals surface area contributed by atoms with Crippen LogP contribution in [-0.4, -0.2) is 40.0 Å². The van der Waals surface area contributed by atoms with Crippen LogP contribution in [0.2, 0.25) is 0 Å². The predicted molar refractivity (Wildman–Crippen MR) is 85.7 cm³/mol. The second-order valence-electron chi connectivity index (χ2n) is 4.84. The third-order valence-electron chi connectivity index (χ3n) is 3.48. The third-order valence-corrected chi connectivity index (χ3v) is 4.49. The van der Waals surface area contributed by atoms with Crippen molar-refractivity contribution in [3.8, 4) is 0 Å². The Hall–Kier alpha value is -0.940. The van der Waals surface area contributed by atoms with Gasteiger partial charge in [-0.2, -0.15) is 0 Å². The highest BCUT2D eigenvalue weighted by molar-refractivity contribution is 7.17. The van der Waals surface area contributed by atoms with E-state index in [1.807, 2.05) is 18.4 Å². The Bertz CT molecular complexity index is 512. The molecular weight excluding hydrogens is 270 g/mol. The number of hydrogen-bond donors (Lipinski definition) is 1.